The SMILES string of the molecule is N#Cc1ccccc1Cn1c(N2CCCC(N)C2)nc2c(C(=O)NC(Cc3ccccc3)C(=O)O)csc2c1=O. The molecule has 0 aliphatic carbocycles. The van der Waals surface area contributed by atoms with Gasteiger partial charge in [-0.2, -0.15) is 5.26 Å². The van der Waals surface area contributed by atoms with Crippen LogP contribution in [0.15, 0.2) is 64.8 Å². The topological polar surface area (TPSA) is 154 Å². The molecule has 5 rings (SSSR count). The van der Waals surface area contributed by atoms with Crippen molar-refractivity contribution in [3.63, 3.8) is 0 Å². The fourth-order valence-electron chi connectivity index (χ4n) is 4.95. The number of nitriles is 1. The van der Waals surface area contributed by atoms with Gasteiger partial charge < -0.3 is 21.1 Å². The Balaban J connectivity index is 1.55. The highest BCUT2D eigenvalue weighted by Gasteiger charge is 2.27. The Morgan fingerprint density at radius 1 is 1.20 bits per heavy atom. The van der Waals surface area contributed by atoms with Crippen molar-refractivity contribution < 1.29 is 14.7 Å². The number of anilines is 1. The van der Waals surface area contributed by atoms with Crippen molar-refractivity contribution in [3.8, 4) is 6.07 Å². The highest BCUT2D eigenvalue weighted by Crippen LogP contribution is 2.27. The van der Waals surface area contributed by atoms with Crippen LogP contribution in [0.5, 0.6) is 0 Å². The minimum Gasteiger partial charge on any atom is -0.480 e. The number of aliphatic carboxylic acids is 1. The van der Waals surface area contributed by atoms with Crippen LogP contribution in [0.25, 0.3) is 10.2 Å². The summed E-state index contributed by atoms with van der Waals surface area (Å²) in [7, 11) is 0. The first-order valence-electron chi connectivity index (χ1n) is 12.9. The molecule has 2 atom stereocenters. The summed E-state index contributed by atoms with van der Waals surface area (Å²) in [4.78, 5) is 45.9. The molecule has 3 heterocycles. The zero-order valence-electron chi connectivity index (χ0n) is 21.6. The van der Waals surface area contributed by atoms with Crippen molar-refractivity contribution >= 4 is 39.4 Å². The van der Waals surface area contributed by atoms with Crippen LogP contribution in [0.1, 0.15) is 39.9 Å². The summed E-state index contributed by atoms with van der Waals surface area (Å²) in [6, 6.07) is 17.0. The zero-order chi connectivity index (χ0) is 28.2. The lowest BCUT2D eigenvalue weighted by Gasteiger charge is -2.33. The van der Waals surface area contributed by atoms with Crippen molar-refractivity contribution in [2.45, 2.75) is 37.9 Å². The van der Waals surface area contributed by atoms with Gasteiger partial charge in [0, 0.05) is 30.9 Å². The van der Waals surface area contributed by atoms with Crippen LogP contribution in [-0.4, -0.2) is 51.7 Å². The quantitative estimate of drug-likeness (QED) is 0.299. The number of carbonyl (C=O) groups is 2. The highest BCUT2D eigenvalue weighted by molar-refractivity contribution is 7.17. The molecule has 1 saturated heterocycles. The summed E-state index contributed by atoms with van der Waals surface area (Å²) in [5.41, 5.74) is 8.18. The van der Waals surface area contributed by atoms with Gasteiger partial charge in [-0.3, -0.25) is 14.2 Å². The van der Waals surface area contributed by atoms with E-state index in [1.54, 1.807) is 42.5 Å². The number of nitrogens with zero attached hydrogens (tertiary/aromatic N) is 4. The van der Waals surface area contributed by atoms with Gasteiger partial charge in [0.1, 0.15) is 16.3 Å². The number of piperidine rings is 1. The molecule has 2 unspecified atom stereocenters. The van der Waals surface area contributed by atoms with Crippen molar-refractivity contribution in [1.82, 2.24) is 14.9 Å². The molecule has 1 aliphatic heterocycles. The number of hydrogen-bond acceptors (Lipinski definition) is 8. The molecule has 10 nitrogen and oxygen atoms in total. The van der Waals surface area contributed by atoms with E-state index in [4.69, 9.17) is 10.7 Å². The van der Waals surface area contributed by atoms with E-state index in [1.165, 1.54) is 9.95 Å². The van der Waals surface area contributed by atoms with Gasteiger partial charge in [-0.1, -0.05) is 48.5 Å². The van der Waals surface area contributed by atoms with Gasteiger partial charge in [-0.05, 0) is 30.0 Å². The second kappa shape index (κ2) is 11.7. The van der Waals surface area contributed by atoms with Crippen LogP contribution in [0.3, 0.4) is 0 Å². The fraction of sp³-hybridized carbons (Fsp3) is 0.276. The number of thiophene rings is 1. The molecule has 1 aliphatic rings. The van der Waals surface area contributed by atoms with Crippen LogP contribution in [-0.2, 0) is 17.8 Å². The Labute approximate surface area is 234 Å². The first kappa shape index (κ1) is 27.1. The maximum absolute atomic E-state index is 13.9. The molecule has 2 aromatic heterocycles. The molecule has 0 bridgehead atoms. The van der Waals surface area contributed by atoms with Crippen LogP contribution < -0.4 is 21.5 Å². The lowest BCUT2D eigenvalue weighted by Crippen LogP contribution is -2.45. The lowest BCUT2D eigenvalue weighted by molar-refractivity contribution is -0.139. The molecule has 204 valence electrons. The molecule has 11 heteroatoms. The Kier molecular flexibility index (Phi) is 7.91. The highest BCUT2D eigenvalue weighted by atomic mass is 32.1. The predicted octanol–water partition coefficient (Wildman–Crippen LogP) is 2.73. The minimum absolute atomic E-state index is 0.0965. The monoisotopic (exact) mass is 556 g/mol. The molecule has 0 saturated carbocycles. The summed E-state index contributed by atoms with van der Waals surface area (Å²) in [5.74, 6) is -1.41. The van der Waals surface area contributed by atoms with E-state index in [-0.39, 0.29) is 40.3 Å². The standard InChI is InChI=1S/C29H28N6O4S/c30-14-19-9-4-5-10-20(19)15-35-27(37)25-24(33-29(35)34-12-6-11-21(31)16-34)22(17-40-25)26(36)32-23(28(38)39)13-18-7-2-1-3-8-18/h1-5,7-10,17,21,23H,6,11-13,15-16,31H2,(H,32,36)(H,38,39). The van der Waals surface area contributed by atoms with E-state index in [1.807, 2.05) is 17.0 Å². The van der Waals surface area contributed by atoms with Crippen LogP contribution in [0.2, 0.25) is 0 Å². The van der Waals surface area contributed by atoms with Gasteiger partial charge in [0.2, 0.25) is 5.95 Å². The molecule has 0 spiro atoms. The van der Waals surface area contributed by atoms with Crippen molar-refractivity contribution in [1.29, 1.82) is 5.26 Å². The average molecular weight is 557 g/mol. The van der Waals surface area contributed by atoms with E-state index in [0.717, 1.165) is 29.7 Å². The first-order chi connectivity index (χ1) is 19.4. The summed E-state index contributed by atoms with van der Waals surface area (Å²) >= 11 is 1.09. The van der Waals surface area contributed by atoms with Crippen molar-refractivity contribution in [2.75, 3.05) is 18.0 Å². The molecular weight excluding hydrogens is 528 g/mol. The fourth-order valence-corrected chi connectivity index (χ4v) is 5.88. The Hall–Kier alpha value is -4.53. The molecule has 1 fully saturated rings. The largest absolute Gasteiger partial charge is 0.480 e. The Morgan fingerprint density at radius 2 is 1.95 bits per heavy atom. The number of rotatable bonds is 8. The van der Waals surface area contributed by atoms with Gasteiger partial charge in [0.15, 0.2) is 0 Å². The van der Waals surface area contributed by atoms with E-state index in [2.05, 4.69) is 11.4 Å². The van der Waals surface area contributed by atoms with Gasteiger partial charge in [-0.25, -0.2) is 9.78 Å². The molecular formula is C29H28N6O4S. The van der Waals surface area contributed by atoms with E-state index >= 15 is 0 Å². The maximum atomic E-state index is 13.9. The number of nitrogens with one attached hydrogen (secondary N) is 1. The second-order valence-corrected chi connectivity index (χ2v) is 10.7. The van der Waals surface area contributed by atoms with Gasteiger partial charge >= 0.3 is 5.97 Å². The Morgan fingerprint density at radius 3 is 2.67 bits per heavy atom. The number of amides is 1. The second-order valence-electron chi connectivity index (χ2n) is 9.80. The number of carbonyl (C=O) groups excluding carboxylic acids is 1. The van der Waals surface area contributed by atoms with E-state index in [0.29, 0.717) is 30.2 Å². The van der Waals surface area contributed by atoms with Crippen molar-refractivity contribution in [2.24, 2.45) is 5.73 Å². The molecule has 0 radical (unpaired) electrons. The number of carboxylic acids is 1. The number of fused-ring (bicyclic) bond motifs is 1. The van der Waals surface area contributed by atoms with E-state index in [9.17, 15) is 24.8 Å². The normalized spacial score (nSPS) is 15.9. The van der Waals surface area contributed by atoms with E-state index < -0.39 is 17.9 Å². The first-order valence-corrected chi connectivity index (χ1v) is 13.8. The Bertz CT molecular complexity index is 1660. The zero-order valence-corrected chi connectivity index (χ0v) is 22.4. The molecule has 1 amide bonds. The van der Waals surface area contributed by atoms with Gasteiger partial charge in [-0.15, -0.1) is 11.3 Å². The summed E-state index contributed by atoms with van der Waals surface area (Å²) in [5, 5.41) is 23.5. The summed E-state index contributed by atoms with van der Waals surface area (Å²) in [6.45, 7) is 1.25. The predicted molar refractivity (Wildman–Crippen MR) is 153 cm³/mol. The van der Waals surface area contributed by atoms with Crippen LogP contribution in [0, 0.1) is 11.3 Å². The lowest BCUT2D eigenvalue weighted by atomic mass is 10.1. The third kappa shape index (κ3) is 5.59. The number of hydrogen-bond donors (Lipinski definition) is 3. The molecule has 4 N–H and O–H groups in total. The summed E-state index contributed by atoms with van der Waals surface area (Å²) in [6.07, 6.45) is 1.78. The summed E-state index contributed by atoms with van der Waals surface area (Å²) < 4.78 is 1.81. The third-order valence-electron chi connectivity index (χ3n) is 7.00. The van der Waals surface area contributed by atoms with Crippen LogP contribution in [0.4, 0.5) is 5.95 Å². The third-order valence-corrected chi connectivity index (χ3v) is 7.95. The average Bonchev–Trinajstić information content (AvgIpc) is 3.39. The number of nitrogens with two attached hydrogens (primary N) is 1. The number of benzene rings is 2. The van der Waals surface area contributed by atoms with Crippen molar-refractivity contribution in [3.05, 3.63) is 92.6 Å². The molecule has 4 aromatic rings. The smallest absolute Gasteiger partial charge is 0.326 e. The molecule has 40 heavy (non-hydrogen) atoms. The van der Waals surface area contributed by atoms with Gasteiger partial charge in [0.25, 0.3) is 11.5 Å². The molecule has 2 aromatic carbocycles. The number of carboxylic acid groups (broad SMARTS) is 1. The number of aromatic nitrogens is 2. The minimum atomic E-state index is -1.16. The maximum Gasteiger partial charge on any atom is 0.326 e. The van der Waals surface area contributed by atoms with Gasteiger partial charge in [0.05, 0.1) is 23.7 Å². The van der Waals surface area contributed by atoms with Crippen LogP contribution >= 0.6 is 11.3 Å².